The Kier molecular flexibility index (Phi) is 12.2. The lowest BCUT2D eigenvalue weighted by Gasteiger charge is -2.38. The number of amides is 2. The third-order valence-corrected chi connectivity index (χ3v) is 11.0. The predicted molar refractivity (Wildman–Crippen MR) is 232 cm³/mol. The summed E-state index contributed by atoms with van der Waals surface area (Å²) in [5.41, 5.74) is 4.85. The third-order valence-electron chi connectivity index (χ3n) is 11.0. The van der Waals surface area contributed by atoms with Gasteiger partial charge in [0.1, 0.15) is 12.3 Å². The van der Waals surface area contributed by atoms with Gasteiger partial charge in [-0.1, -0.05) is 107 Å². The quantitative estimate of drug-likeness (QED) is 0.157. The maximum Gasteiger partial charge on any atom is 0.416 e. The molecule has 2 N–H and O–H groups in total. The zero-order valence-electron chi connectivity index (χ0n) is 34.6. The highest BCUT2D eigenvalue weighted by molar-refractivity contribution is 6.13. The average Bonchev–Trinajstić information content (AvgIpc) is 3.25. The van der Waals surface area contributed by atoms with E-state index in [-0.39, 0.29) is 17.2 Å². The molecule has 0 fully saturated rings. The van der Waals surface area contributed by atoms with Gasteiger partial charge in [0.05, 0.1) is 22.3 Å². The number of rotatable bonds is 7. The minimum Gasteiger partial charge on any atom is -0.360 e. The molecule has 0 aromatic heterocycles. The van der Waals surface area contributed by atoms with E-state index in [1.807, 2.05) is 48.5 Å². The number of anilines is 4. The topological polar surface area (TPSA) is 64.7 Å². The average molecular weight is 849 g/mol. The largest absolute Gasteiger partial charge is 0.416 e. The molecule has 2 heterocycles. The molecule has 0 radical (unpaired) electrons. The second-order valence-electron chi connectivity index (χ2n) is 16.3. The highest BCUT2D eigenvalue weighted by Gasteiger charge is 2.38. The first kappa shape index (κ1) is 43.5. The van der Waals surface area contributed by atoms with E-state index in [9.17, 15) is 35.9 Å². The van der Waals surface area contributed by atoms with E-state index in [0.29, 0.717) is 45.0 Å². The second kappa shape index (κ2) is 17.4. The number of aryl methyl sites for hydroxylation is 1. The molecule has 2 aliphatic heterocycles. The van der Waals surface area contributed by atoms with Crippen LogP contribution in [0.15, 0.2) is 146 Å². The molecule has 2 amide bonds. The zero-order chi connectivity index (χ0) is 44.4. The Labute approximate surface area is 357 Å². The summed E-state index contributed by atoms with van der Waals surface area (Å²) in [4.78, 5) is 29.9. The summed E-state index contributed by atoms with van der Waals surface area (Å²) in [6.45, 7) is 8.41. The van der Waals surface area contributed by atoms with Crippen LogP contribution in [0.25, 0.3) is 0 Å². The standard InChI is InChI=1S/2C25H23F3N2O/c1-24(2,3)17-11-13-19(14-12-17)30-22(16-7-6-8-18(15-16)25(26,27)28)29-21-10-5-4-9-20(21)23(30)31;1-2-3-7-17-12-14-20(15-13-17)30-23(18-8-6-9-19(16-18)25(26,27)28)29-22-11-5-4-10-21(22)24(30)31/h4-15,22,29H,1-3H3;4-6,8-16,23,29H,2-3,7H2,1H3. The molecule has 2 unspecified atom stereocenters. The Morgan fingerprint density at radius 1 is 0.516 bits per heavy atom. The van der Waals surface area contributed by atoms with Gasteiger partial charge in [-0.15, -0.1) is 0 Å². The van der Waals surface area contributed by atoms with Crippen molar-refractivity contribution in [3.05, 3.63) is 190 Å². The van der Waals surface area contributed by atoms with E-state index in [1.54, 1.807) is 60.7 Å². The van der Waals surface area contributed by atoms with Crippen LogP contribution in [0.4, 0.5) is 49.1 Å². The minimum atomic E-state index is -4.47. The molecule has 0 saturated heterocycles. The highest BCUT2D eigenvalue weighted by atomic mass is 19.4. The Morgan fingerprint density at radius 2 is 0.935 bits per heavy atom. The van der Waals surface area contributed by atoms with Crippen molar-refractivity contribution >= 4 is 34.6 Å². The molecule has 0 bridgehead atoms. The summed E-state index contributed by atoms with van der Waals surface area (Å²) in [6, 6.07) is 39.5. The molecule has 62 heavy (non-hydrogen) atoms. The SMILES string of the molecule is CC(C)(C)c1ccc(N2C(=O)c3ccccc3NC2c2cccc(C(F)(F)F)c2)cc1.CCCCc1ccc(N2C(=O)c3ccccc3NC2c2cccc(C(F)(F)F)c2)cc1. The molecule has 6 aromatic rings. The Hall–Kier alpha value is -6.56. The molecule has 0 saturated carbocycles. The molecule has 8 rings (SSSR count). The molecule has 12 heteroatoms. The molecular formula is C50H46F6N4O2. The number of benzene rings is 6. The molecule has 0 aliphatic carbocycles. The van der Waals surface area contributed by atoms with Gasteiger partial charge >= 0.3 is 12.4 Å². The van der Waals surface area contributed by atoms with Crippen LogP contribution in [-0.2, 0) is 24.2 Å². The van der Waals surface area contributed by atoms with Crippen molar-refractivity contribution in [2.24, 2.45) is 0 Å². The number of carbonyl (C=O) groups is 2. The van der Waals surface area contributed by atoms with Gasteiger partial charge in [0.2, 0.25) is 0 Å². The summed E-state index contributed by atoms with van der Waals surface area (Å²) in [5, 5.41) is 6.51. The van der Waals surface area contributed by atoms with Gasteiger partial charge < -0.3 is 10.6 Å². The lowest BCUT2D eigenvalue weighted by molar-refractivity contribution is -0.138. The van der Waals surface area contributed by atoms with Crippen LogP contribution in [0.1, 0.15) is 107 Å². The Bertz CT molecular complexity index is 2550. The van der Waals surface area contributed by atoms with Crippen molar-refractivity contribution in [2.75, 3.05) is 20.4 Å². The van der Waals surface area contributed by atoms with Gasteiger partial charge in [-0.2, -0.15) is 26.3 Å². The fourth-order valence-corrected chi connectivity index (χ4v) is 7.60. The molecule has 6 aromatic carbocycles. The van der Waals surface area contributed by atoms with E-state index in [4.69, 9.17) is 0 Å². The number of nitrogens with zero attached hydrogens (tertiary/aromatic N) is 2. The number of hydrogen-bond donors (Lipinski definition) is 2. The minimum absolute atomic E-state index is 0.0598. The maximum atomic E-state index is 13.4. The van der Waals surface area contributed by atoms with E-state index in [1.165, 1.54) is 27.5 Å². The molecule has 2 aliphatic rings. The van der Waals surface area contributed by atoms with E-state index < -0.39 is 35.8 Å². The van der Waals surface area contributed by atoms with Gasteiger partial charge in [0, 0.05) is 22.7 Å². The summed E-state index contributed by atoms with van der Waals surface area (Å²) in [5.74, 6) is -0.515. The number of alkyl halides is 6. The Balaban J connectivity index is 0.000000186. The number of carbonyl (C=O) groups excluding carboxylic acids is 2. The van der Waals surface area contributed by atoms with Gasteiger partial charge in [0.15, 0.2) is 0 Å². The van der Waals surface area contributed by atoms with E-state index >= 15 is 0 Å². The molecular weight excluding hydrogens is 803 g/mol. The molecule has 2 atom stereocenters. The Morgan fingerprint density at radius 3 is 1.34 bits per heavy atom. The van der Waals surface area contributed by atoms with E-state index in [2.05, 4.69) is 38.3 Å². The fourth-order valence-electron chi connectivity index (χ4n) is 7.60. The molecule has 6 nitrogen and oxygen atoms in total. The van der Waals surface area contributed by atoms with Crippen LogP contribution in [-0.4, -0.2) is 11.8 Å². The molecule has 0 spiro atoms. The van der Waals surface area contributed by atoms with Crippen LogP contribution in [0.5, 0.6) is 0 Å². The smallest absolute Gasteiger partial charge is 0.360 e. The predicted octanol–water partition coefficient (Wildman–Crippen LogP) is 13.6. The summed E-state index contributed by atoms with van der Waals surface area (Å²) in [7, 11) is 0. The van der Waals surface area contributed by atoms with Crippen molar-refractivity contribution in [1.82, 2.24) is 0 Å². The number of hydrogen-bond acceptors (Lipinski definition) is 4. The number of para-hydroxylation sites is 2. The summed E-state index contributed by atoms with van der Waals surface area (Å²) >= 11 is 0. The van der Waals surface area contributed by atoms with Gasteiger partial charge in [-0.3, -0.25) is 19.4 Å². The van der Waals surface area contributed by atoms with Crippen LogP contribution in [0.3, 0.4) is 0 Å². The van der Waals surface area contributed by atoms with Crippen molar-refractivity contribution < 1.29 is 35.9 Å². The van der Waals surface area contributed by atoms with Crippen molar-refractivity contribution in [3.63, 3.8) is 0 Å². The summed E-state index contributed by atoms with van der Waals surface area (Å²) < 4.78 is 79.9. The van der Waals surface area contributed by atoms with Crippen LogP contribution >= 0.6 is 0 Å². The first-order chi connectivity index (χ1) is 29.4. The molecule has 320 valence electrons. The highest BCUT2D eigenvalue weighted by Crippen LogP contribution is 2.41. The van der Waals surface area contributed by atoms with Crippen LogP contribution in [0.2, 0.25) is 0 Å². The van der Waals surface area contributed by atoms with Crippen LogP contribution in [0, 0.1) is 0 Å². The monoisotopic (exact) mass is 848 g/mol. The third kappa shape index (κ3) is 9.34. The number of nitrogens with one attached hydrogen (secondary N) is 2. The van der Waals surface area contributed by atoms with Gasteiger partial charge in [-0.05, 0) is 113 Å². The normalized spacial score (nSPS) is 16.4. The number of halogens is 6. The fraction of sp³-hybridized carbons (Fsp3) is 0.240. The summed E-state index contributed by atoms with van der Waals surface area (Å²) in [6.07, 6.45) is -7.35. The number of unbranched alkanes of at least 4 members (excludes halogenated alkanes) is 1. The first-order valence-electron chi connectivity index (χ1n) is 20.4. The van der Waals surface area contributed by atoms with Crippen molar-refractivity contribution in [3.8, 4) is 0 Å². The first-order valence-corrected chi connectivity index (χ1v) is 20.4. The maximum absolute atomic E-state index is 13.4. The zero-order valence-corrected chi connectivity index (χ0v) is 34.6. The van der Waals surface area contributed by atoms with Gasteiger partial charge in [-0.25, -0.2) is 0 Å². The second-order valence-corrected chi connectivity index (χ2v) is 16.3. The lowest BCUT2D eigenvalue weighted by atomic mass is 9.87. The van der Waals surface area contributed by atoms with Gasteiger partial charge in [0.25, 0.3) is 11.8 Å². The van der Waals surface area contributed by atoms with Crippen molar-refractivity contribution in [2.45, 2.75) is 77.1 Å². The number of fused-ring (bicyclic) bond motifs is 2. The van der Waals surface area contributed by atoms with E-state index in [0.717, 1.165) is 49.1 Å². The lowest BCUT2D eigenvalue weighted by Crippen LogP contribution is -2.43. The van der Waals surface area contributed by atoms with Crippen molar-refractivity contribution in [1.29, 1.82) is 0 Å². The van der Waals surface area contributed by atoms with Crippen LogP contribution < -0.4 is 20.4 Å².